The number of fused-ring (bicyclic) bond motifs is 1. The van der Waals surface area contributed by atoms with E-state index >= 15 is 0 Å². The molecular formula is C27H22N4O3. The molecule has 34 heavy (non-hydrogen) atoms. The van der Waals surface area contributed by atoms with E-state index in [9.17, 15) is 4.79 Å². The lowest BCUT2D eigenvalue weighted by Crippen LogP contribution is -2.12. The number of benzene rings is 2. The number of pyridine rings is 2. The van der Waals surface area contributed by atoms with E-state index in [4.69, 9.17) is 9.47 Å². The summed E-state index contributed by atoms with van der Waals surface area (Å²) in [5.74, 6) is 1.73. The minimum Gasteiger partial charge on any atom is -0.487 e. The zero-order valence-electron chi connectivity index (χ0n) is 18.5. The van der Waals surface area contributed by atoms with Crippen molar-refractivity contribution in [2.45, 2.75) is 13.5 Å². The normalized spacial score (nSPS) is 10.7. The summed E-state index contributed by atoms with van der Waals surface area (Å²) in [4.78, 5) is 21.4. The molecule has 0 saturated carbocycles. The maximum Gasteiger partial charge on any atom is 0.255 e. The smallest absolute Gasteiger partial charge is 0.255 e. The van der Waals surface area contributed by atoms with Gasteiger partial charge < -0.3 is 19.2 Å². The second kappa shape index (κ2) is 9.46. The van der Waals surface area contributed by atoms with Crippen LogP contribution in [0.4, 0.5) is 5.69 Å². The van der Waals surface area contributed by atoms with Gasteiger partial charge in [0.15, 0.2) is 0 Å². The zero-order chi connectivity index (χ0) is 23.3. The molecule has 2 aromatic carbocycles. The molecule has 0 radical (unpaired) electrons. The Morgan fingerprint density at radius 2 is 1.91 bits per heavy atom. The highest BCUT2D eigenvalue weighted by molar-refractivity contribution is 6.04. The second-order valence-corrected chi connectivity index (χ2v) is 7.74. The molecule has 0 aliphatic rings. The van der Waals surface area contributed by atoms with Crippen LogP contribution in [0.15, 0.2) is 97.6 Å². The summed E-state index contributed by atoms with van der Waals surface area (Å²) in [6, 6.07) is 22.1. The summed E-state index contributed by atoms with van der Waals surface area (Å²) in [5, 5.41) is 2.93. The van der Waals surface area contributed by atoms with Crippen LogP contribution in [0.5, 0.6) is 17.2 Å². The van der Waals surface area contributed by atoms with Crippen molar-refractivity contribution in [1.82, 2.24) is 14.4 Å². The van der Waals surface area contributed by atoms with Gasteiger partial charge in [0.2, 0.25) is 0 Å². The Balaban J connectivity index is 1.23. The van der Waals surface area contributed by atoms with Crippen molar-refractivity contribution in [3.05, 3.63) is 114 Å². The highest BCUT2D eigenvalue weighted by Gasteiger charge is 2.10. The fourth-order valence-electron chi connectivity index (χ4n) is 3.52. The first kappa shape index (κ1) is 21.2. The molecule has 7 heteroatoms. The van der Waals surface area contributed by atoms with Crippen LogP contribution in [0.25, 0.3) is 5.65 Å². The van der Waals surface area contributed by atoms with Crippen LogP contribution in [-0.2, 0) is 6.61 Å². The number of ether oxygens (including phenoxy) is 2. The maximum atomic E-state index is 12.8. The van der Waals surface area contributed by atoms with E-state index in [1.165, 1.54) is 0 Å². The third-order valence-corrected chi connectivity index (χ3v) is 5.19. The number of carbonyl (C=O) groups excluding carboxylic acids is 1. The predicted octanol–water partition coefficient (Wildman–Crippen LogP) is 5.66. The number of amides is 1. The van der Waals surface area contributed by atoms with Crippen LogP contribution in [-0.4, -0.2) is 20.3 Å². The Kier molecular flexibility index (Phi) is 5.90. The van der Waals surface area contributed by atoms with Gasteiger partial charge in [-0.05, 0) is 73.2 Å². The number of hydrogen-bond donors (Lipinski definition) is 1. The molecular weight excluding hydrogens is 428 g/mol. The van der Waals surface area contributed by atoms with Gasteiger partial charge >= 0.3 is 0 Å². The molecule has 0 unspecified atom stereocenters. The van der Waals surface area contributed by atoms with Gasteiger partial charge in [0.1, 0.15) is 29.5 Å². The van der Waals surface area contributed by atoms with Crippen LogP contribution in [0.1, 0.15) is 21.6 Å². The number of imidazole rings is 1. The van der Waals surface area contributed by atoms with Gasteiger partial charge in [0.05, 0.1) is 11.9 Å². The van der Waals surface area contributed by atoms with Crippen LogP contribution in [0.2, 0.25) is 0 Å². The monoisotopic (exact) mass is 450 g/mol. The third-order valence-electron chi connectivity index (χ3n) is 5.19. The van der Waals surface area contributed by atoms with Gasteiger partial charge in [0, 0.05) is 29.8 Å². The molecule has 5 aromatic rings. The quantitative estimate of drug-likeness (QED) is 0.346. The van der Waals surface area contributed by atoms with Gasteiger partial charge in [-0.1, -0.05) is 12.1 Å². The number of nitrogens with one attached hydrogen (secondary N) is 1. The molecule has 3 heterocycles. The number of anilines is 1. The van der Waals surface area contributed by atoms with Gasteiger partial charge in [-0.3, -0.25) is 9.78 Å². The topological polar surface area (TPSA) is 77.8 Å². The number of aromatic nitrogens is 3. The molecule has 0 atom stereocenters. The van der Waals surface area contributed by atoms with E-state index in [2.05, 4.69) is 15.3 Å². The van der Waals surface area contributed by atoms with Crippen LogP contribution < -0.4 is 14.8 Å². The molecule has 0 aliphatic carbocycles. The Labute approximate surface area is 196 Å². The first-order valence-electron chi connectivity index (χ1n) is 10.8. The minimum absolute atomic E-state index is 0.224. The van der Waals surface area contributed by atoms with Gasteiger partial charge in [-0.2, -0.15) is 0 Å². The average molecular weight is 450 g/mol. The van der Waals surface area contributed by atoms with Gasteiger partial charge in [-0.25, -0.2) is 4.98 Å². The molecule has 0 fully saturated rings. The van der Waals surface area contributed by atoms with Crippen molar-refractivity contribution in [3.8, 4) is 17.2 Å². The molecule has 168 valence electrons. The van der Waals surface area contributed by atoms with Crippen molar-refractivity contribution in [1.29, 1.82) is 0 Å². The number of rotatable bonds is 7. The molecule has 0 bridgehead atoms. The number of carbonyl (C=O) groups is 1. The van der Waals surface area contributed by atoms with Crippen LogP contribution in [0.3, 0.4) is 0 Å². The zero-order valence-corrected chi connectivity index (χ0v) is 18.5. The largest absolute Gasteiger partial charge is 0.487 e. The minimum atomic E-state index is -0.224. The predicted molar refractivity (Wildman–Crippen MR) is 129 cm³/mol. The third kappa shape index (κ3) is 4.88. The Morgan fingerprint density at radius 3 is 2.74 bits per heavy atom. The summed E-state index contributed by atoms with van der Waals surface area (Å²) in [7, 11) is 0. The van der Waals surface area contributed by atoms with E-state index in [1.807, 2.05) is 72.2 Å². The molecule has 3 aromatic heterocycles. The van der Waals surface area contributed by atoms with Crippen molar-refractivity contribution in [2.75, 3.05) is 5.32 Å². The van der Waals surface area contributed by atoms with E-state index in [-0.39, 0.29) is 5.91 Å². The van der Waals surface area contributed by atoms with Crippen molar-refractivity contribution in [2.24, 2.45) is 0 Å². The number of aryl methyl sites for hydroxylation is 1. The first-order chi connectivity index (χ1) is 16.6. The van der Waals surface area contributed by atoms with Crippen LogP contribution >= 0.6 is 0 Å². The fraction of sp³-hybridized carbons (Fsp3) is 0.0741. The highest BCUT2D eigenvalue weighted by atomic mass is 16.5. The lowest BCUT2D eigenvalue weighted by atomic mass is 10.1. The van der Waals surface area contributed by atoms with E-state index in [0.717, 1.165) is 16.9 Å². The van der Waals surface area contributed by atoms with Gasteiger partial charge in [0.25, 0.3) is 5.91 Å². The van der Waals surface area contributed by atoms with E-state index in [0.29, 0.717) is 35.1 Å². The summed E-state index contributed by atoms with van der Waals surface area (Å²) >= 11 is 0. The molecule has 0 spiro atoms. The summed E-state index contributed by atoms with van der Waals surface area (Å²) in [6.45, 7) is 2.24. The molecule has 5 rings (SSSR count). The molecule has 1 N–H and O–H groups in total. The van der Waals surface area contributed by atoms with E-state index in [1.54, 1.807) is 36.7 Å². The fourth-order valence-corrected chi connectivity index (χ4v) is 3.52. The van der Waals surface area contributed by atoms with Crippen LogP contribution in [0, 0.1) is 6.92 Å². The molecule has 0 aliphatic heterocycles. The van der Waals surface area contributed by atoms with Crippen molar-refractivity contribution < 1.29 is 14.3 Å². The molecule has 1 amide bonds. The lowest BCUT2D eigenvalue weighted by molar-refractivity contribution is 0.102. The average Bonchev–Trinajstić information content (AvgIpc) is 3.28. The Bertz CT molecular complexity index is 1410. The SMILES string of the molecule is Cc1cc(NC(=O)c2cccc(OCc3cn4ccccc4n3)c2)ccc1Oc1cccnc1. The summed E-state index contributed by atoms with van der Waals surface area (Å²) in [5.41, 5.74) is 3.75. The first-order valence-corrected chi connectivity index (χ1v) is 10.8. The summed E-state index contributed by atoms with van der Waals surface area (Å²) in [6.07, 6.45) is 7.21. The molecule has 0 saturated heterocycles. The maximum absolute atomic E-state index is 12.8. The standard InChI is InChI=1S/C27H22N4O3/c1-19-14-21(10-11-25(19)34-24-8-5-12-28-16-24)30-27(32)20-6-4-7-23(15-20)33-18-22-17-31-13-3-2-9-26(31)29-22/h2-17H,18H2,1H3,(H,30,32). The van der Waals surface area contributed by atoms with Crippen molar-refractivity contribution in [3.63, 3.8) is 0 Å². The van der Waals surface area contributed by atoms with Gasteiger partial charge in [-0.15, -0.1) is 0 Å². The Morgan fingerprint density at radius 1 is 1.00 bits per heavy atom. The number of nitrogens with zero attached hydrogens (tertiary/aromatic N) is 3. The Hall–Kier alpha value is -4.65. The second-order valence-electron chi connectivity index (χ2n) is 7.74. The van der Waals surface area contributed by atoms with Crippen molar-refractivity contribution >= 4 is 17.2 Å². The lowest BCUT2D eigenvalue weighted by Gasteiger charge is -2.11. The number of hydrogen-bond acceptors (Lipinski definition) is 5. The highest BCUT2D eigenvalue weighted by Crippen LogP contribution is 2.27. The summed E-state index contributed by atoms with van der Waals surface area (Å²) < 4.78 is 13.7. The molecule has 7 nitrogen and oxygen atoms in total. The van der Waals surface area contributed by atoms with E-state index < -0.39 is 0 Å².